The first-order valence-corrected chi connectivity index (χ1v) is 10.3. The highest BCUT2D eigenvalue weighted by Gasteiger charge is 2.22. The van der Waals surface area contributed by atoms with Gasteiger partial charge in [-0.3, -0.25) is 14.9 Å². The molecule has 5 heteroatoms. The van der Waals surface area contributed by atoms with E-state index in [9.17, 15) is 14.7 Å². The Hall–Kier alpha value is -2.66. The summed E-state index contributed by atoms with van der Waals surface area (Å²) in [5.41, 5.74) is 2.79. The van der Waals surface area contributed by atoms with Crippen LogP contribution in [0.4, 0.5) is 0 Å². The highest BCUT2D eigenvalue weighted by atomic mass is 16.5. The fourth-order valence-electron chi connectivity index (χ4n) is 3.91. The van der Waals surface area contributed by atoms with Gasteiger partial charge in [-0.15, -0.1) is 0 Å². The molecule has 0 spiro atoms. The minimum absolute atomic E-state index is 0.0751. The van der Waals surface area contributed by atoms with Gasteiger partial charge in [0, 0.05) is 18.5 Å². The van der Waals surface area contributed by atoms with E-state index in [1.807, 2.05) is 48.5 Å². The number of ether oxygens (including phenoxy) is 1. The number of nitrogens with one attached hydrogen (secondary N) is 1. The highest BCUT2D eigenvalue weighted by molar-refractivity contribution is 5.98. The summed E-state index contributed by atoms with van der Waals surface area (Å²) in [6.07, 6.45) is 6.20. The molecule has 0 amide bonds. The zero-order valence-electron chi connectivity index (χ0n) is 16.9. The fraction of sp³-hybridized carbons (Fsp3) is 0.417. The first-order chi connectivity index (χ1) is 14.1. The number of carboxylic acid groups (broad SMARTS) is 1. The molecular formula is C24H29NO4. The number of ketones is 1. The summed E-state index contributed by atoms with van der Waals surface area (Å²) >= 11 is 0. The lowest BCUT2D eigenvalue weighted by Gasteiger charge is -2.22. The average molecular weight is 395 g/mol. The summed E-state index contributed by atoms with van der Waals surface area (Å²) in [6.45, 7) is 0.370. The Morgan fingerprint density at radius 3 is 2.28 bits per heavy atom. The first kappa shape index (κ1) is 21.1. The van der Waals surface area contributed by atoms with Crippen molar-refractivity contribution in [2.24, 2.45) is 0 Å². The summed E-state index contributed by atoms with van der Waals surface area (Å²) < 4.78 is 5.12. The lowest BCUT2D eigenvalue weighted by Crippen LogP contribution is -2.38. The van der Waals surface area contributed by atoms with Gasteiger partial charge in [-0.25, -0.2) is 0 Å². The molecule has 154 valence electrons. The van der Waals surface area contributed by atoms with Crippen LogP contribution in [-0.4, -0.2) is 30.0 Å². The summed E-state index contributed by atoms with van der Waals surface area (Å²) in [5.74, 6) is 0.154. The van der Waals surface area contributed by atoms with Crippen molar-refractivity contribution in [3.05, 3.63) is 65.2 Å². The lowest BCUT2D eigenvalue weighted by atomic mass is 9.84. The number of hydrogen-bond donors (Lipinski definition) is 2. The second-order valence-corrected chi connectivity index (χ2v) is 7.70. The molecule has 2 aromatic rings. The number of benzene rings is 2. The zero-order valence-corrected chi connectivity index (χ0v) is 16.9. The van der Waals surface area contributed by atoms with E-state index in [1.165, 1.54) is 37.7 Å². The van der Waals surface area contributed by atoms with Crippen LogP contribution in [0.15, 0.2) is 48.5 Å². The van der Waals surface area contributed by atoms with Crippen molar-refractivity contribution in [1.29, 1.82) is 0 Å². The molecule has 0 aromatic heterocycles. The van der Waals surface area contributed by atoms with Gasteiger partial charge in [-0.1, -0.05) is 55.7 Å². The molecule has 1 aliphatic carbocycles. The molecule has 1 aliphatic rings. The van der Waals surface area contributed by atoms with Gasteiger partial charge in [-0.05, 0) is 42.0 Å². The third-order valence-electron chi connectivity index (χ3n) is 5.71. The van der Waals surface area contributed by atoms with E-state index < -0.39 is 12.0 Å². The predicted molar refractivity (Wildman–Crippen MR) is 112 cm³/mol. The van der Waals surface area contributed by atoms with Crippen LogP contribution in [0.5, 0.6) is 5.75 Å². The number of methoxy groups -OCH3 is 1. The molecule has 2 aromatic carbocycles. The van der Waals surface area contributed by atoms with E-state index in [-0.39, 0.29) is 12.2 Å². The van der Waals surface area contributed by atoms with Crippen molar-refractivity contribution >= 4 is 11.8 Å². The standard InChI is InChI=1S/C24H29NO4/c1-29-21-13-7-17(8-14-21)16-25-22(24(27)28)15-23(26)20-11-9-19(10-12-20)18-5-3-2-4-6-18/h7-14,18,22,25H,2-6,15-16H2,1H3,(H,27,28)/t22-/m0/s1. The molecule has 0 aliphatic heterocycles. The van der Waals surface area contributed by atoms with Gasteiger partial charge >= 0.3 is 5.97 Å². The van der Waals surface area contributed by atoms with Crippen molar-refractivity contribution in [2.45, 2.75) is 57.0 Å². The topological polar surface area (TPSA) is 75.6 Å². The number of rotatable bonds is 9. The number of aliphatic carboxylic acids is 1. The van der Waals surface area contributed by atoms with E-state index >= 15 is 0 Å². The predicted octanol–water partition coefficient (Wildman–Crippen LogP) is 4.56. The maximum atomic E-state index is 12.6. The largest absolute Gasteiger partial charge is 0.497 e. The van der Waals surface area contributed by atoms with Crippen LogP contribution in [0.1, 0.15) is 65.9 Å². The van der Waals surface area contributed by atoms with Crippen LogP contribution in [0.2, 0.25) is 0 Å². The van der Waals surface area contributed by atoms with Crippen molar-refractivity contribution in [3.8, 4) is 5.75 Å². The summed E-state index contributed by atoms with van der Waals surface area (Å²) in [4.78, 5) is 24.2. The Balaban J connectivity index is 1.57. The molecular weight excluding hydrogens is 366 g/mol. The van der Waals surface area contributed by atoms with Gasteiger partial charge < -0.3 is 9.84 Å². The molecule has 0 saturated heterocycles. The molecule has 3 rings (SSSR count). The molecule has 0 heterocycles. The smallest absolute Gasteiger partial charge is 0.321 e. The van der Waals surface area contributed by atoms with Crippen molar-refractivity contribution in [1.82, 2.24) is 5.32 Å². The maximum Gasteiger partial charge on any atom is 0.321 e. The minimum Gasteiger partial charge on any atom is -0.497 e. The van der Waals surface area contributed by atoms with Gasteiger partial charge in [-0.2, -0.15) is 0 Å². The first-order valence-electron chi connectivity index (χ1n) is 10.3. The quantitative estimate of drug-likeness (QED) is 0.609. The molecule has 0 radical (unpaired) electrons. The monoisotopic (exact) mass is 395 g/mol. The van der Waals surface area contributed by atoms with E-state index in [0.717, 1.165) is 11.3 Å². The highest BCUT2D eigenvalue weighted by Crippen LogP contribution is 2.32. The molecule has 1 atom stereocenters. The Labute approximate surface area is 172 Å². The summed E-state index contributed by atoms with van der Waals surface area (Å²) in [7, 11) is 1.60. The summed E-state index contributed by atoms with van der Waals surface area (Å²) in [6, 6.07) is 14.2. The number of carbonyl (C=O) groups is 2. The van der Waals surface area contributed by atoms with Crippen LogP contribution in [-0.2, 0) is 11.3 Å². The Morgan fingerprint density at radius 1 is 1.03 bits per heavy atom. The van der Waals surface area contributed by atoms with E-state index in [0.29, 0.717) is 18.0 Å². The molecule has 1 fully saturated rings. The Bertz CT molecular complexity index is 808. The summed E-state index contributed by atoms with van der Waals surface area (Å²) in [5, 5.41) is 12.5. The fourth-order valence-corrected chi connectivity index (χ4v) is 3.91. The van der Waals surface area contributed by atoms with Crippen LogP contribution in [0, 0.1) is 0 Å². The normalized spacial score (nSPS) is 15.6. The average Bonchev–Trinajstić information content (AvgIpc) is 2.77. The van der Waals surface area contributed by atoms with Gasteiger partial charge in [0.1, 0.15) is 11.8 Å². The van der Waals surface area contributed by atoms with E-state index in [2.05, 4.69) is 5.32 Å². The number of Topliss-reactive ketones (excluding diaryl/α,β-unsaturated/α-hetero) is 1. The van der Waals surface area contributed by atoms with Crippen LogP contribution >= 0.6 is 0 Å². The second-order valence-electron chi connectivity index (χ2n) is 7.70. The van der Waals surface area contributed by atoms with Gasteiger partial charge in [0.2, 0.25) is 0 Å². The van der Waals surface area contributed by atoms with Gasteiger partial charge in [0.15, 0.2) is 5.78 Å². The maximum absolute atomic E-state index is 12.6. The van der Waals surface area contributed by atoms with Crippen molar-refractivity contribution < 1.29 is 19.4 Å². The molecule has 0 unspecified atom stereocenters. The van der Waals surface area contributed by atoms with E-state index in [4.69, 9.17) is 4.74 Å². The zero-order chi connectivity index (χ0) is 20.6. The van der Waals surface area contributed by atoms with Crippen LogP contribution < -0.4 is 10.1 Å². The van der Waals surface area contributed by atoms with Crippen LogP contribution in [0.3, 0.4) is 0 Å². The molecule has 0 bridgehead atoms. The molecule has 1 saturated carbocycles. The number of hydrogen-bond acceptors (Lipinski definition) is 4. The van der Waals surface area contributed by atoms with Crippen molar-refractivity contribution in [3.63, 3.8) is 0 Å². The minimum atomic E-state index is -1.02. The lowest BCUT2D eigenvalue weighted by molar-refractivity contribution is -0.139. The Morgan fingerprint density at radius 2 is 1.69 bits per heavy atom. The number of carbonyl (C=O) groups excluding carboxylic acids is 1. The molecule has 2 N–H and O–H groups in total. The molecule has 5 nitrogen and oxygen atoms in total. The molecule has 29 heavy (non-hydrogen) atoms. The number of carboxylic acids is 1. The Kier molecular flexibility index (Phi) is 7.42. The third kappa shape index (κ3) is 5.91. The van der Waals surface area contributed by atoms with Crippen molar-refractivity contribution in [2.75, 3.05) is 7.11 Å². The van der Waals surface area contributed by atoms with E-state index in [1.54, 1.807) is 7.11 Å². The van der Waals surface area contributed by atoms with Gasteiger partial charge in [0.05, 0.1) is 7.11 Å². The SMILES string of the molecule is COc1ccc(CN[C@@H](CC(=O)c2ccc(C3CCCCC3)cc2)C(=O)O)cc1. The van der Waals surface area contributed by atoms with Gasteiger partial charge in [0.25, 0.3) is 0 Å². The second kappa shape index (κ2) is 10.2. The van der Waals surface area contributed by atoms with Crippen LogP contribution in [0.25, 0.3) is 0 Å². The third-order valence-corrected chi connectivity index (χ3v) is 5.71.